The van der Waals surface area contributed by atoms with Gasteiger partial charge in [0, 0.05) is 18.0 Å². The number of rotatable bonds is 8. The monoisotopic (exact) mass is 352 g/mol. The molecule has 1 N–H and O–H groups in total. The van der Waals surface area contributed by atoms with Gasteiger partial charge in [-0.3, -0.25) is 9.59 Å². The average molecular weight is 353 g/mol. The fourth-order valence-electron chi connectivity index (χ4n) is 1.98. The molecule has 4 nitrogen and oxygen atoms in total. The van der Waals surface area contributed by atoms with Gasteiger partial charge in [-0.2, -0.15) is 0 Å². The highest BCUT2D eigenvalue weighted by molar-refractivity contribution is 7.98. The zero-order valence-electron chi connectivity index (χ0n) is 13.3. The largest absolute Gasteiger partial charge is 0.340 e. The number of hydrogen-bond acceptors (Lipinski definition) is 3. The number of carbonyl (C=O) groups is 2. The number of benzene rings is 1. The van der Waals surface area contributed by atoms with Crippen molar-refractivity contribution in [2.75, 3.05) is 19.3 Å². The molecular formula is C17H21ClN2O2S. The number of nitrogens with one attached hydrogen (secondary N) is 1. The Kier molecular flexibility index (Phi) is 7.92. The average Bonchev–Trinajstić information content (AvgIpc) is 2.54. The fraction of sp³-hybridized carbons (Fsp3) is 0.294. The van der Waals surface area contributed by atoms with Crippen molar-refractivity contribution >= 4 is 35.2 Å². The van der Waals surface area contributed by atoms with Gasteiger partial charge in [-0.1, -0.05) is 23.8 Å². The molecule has 0 bridgehead atoms. The summed E-state index contributed by atoms with van der Waals surface area (Å²) >= 11 is 7.60. The molecule has 0 saturated heterocycles. The van der Waals surface area contributed by atoms with Crippen LogP contribution in [0.4, 0.5) is 0 Å². The van der Waals surface area contributed by atoms with E-state index in [0.29, 0.717) is 23.7 Å². The lowest BCUT2D eigenvalue weighted by atomic mass is 10.2. The third kappa shape index (κ3) is 5.44. The Bertz CT molecular complexity index is 594. The molecule has 0 aliphatic heterocycles. The highest BCUT2D eigenvalue weighted by atomic mass is 35.5. The van der Waals surface area contributed by atoms with Crippen LogP contribution in [-0.2, 0) is 4.79 Å². The van der Waals surface area contributed by atoms with Crippen molar-refractivity contribution in [3.8, 4) is 0 Å². The second-order valence-corrected chi connectivity index (χ2v) is 6.15. The molecule has 0 aliphatic rings. The van der Waals surface area contributed by atoms with Crippen molar-refractivity contribution in [3.63, 3.8) is 0 Å². The summed E-state index contributed by atoms with van der Waals surface area (Å²) in [6.45, 7) is 9.69. The van der Waals surface area contributed by atoms with E-state index < -0.39 is 6.04 Å². The maximum absolute atomic E-state index is 12.4. The van der Waals surface area contributed by atoms with Crippen molar-refractivity contribution in [3.05, 3.63) is 54.1 Å². The van der Waals surface area contributed by atoms with Crippen LogP contribution < -0.4 is 5.32 Å². The van der Waals surface area contributed by atoms with Crippen molar-refractivity contribution in [2.45, 2.75) is 17.9 Å². The molecule has 1 unspecified atom stereocenters. The molecule has 2 amide bonds. The Balaban J connectivity index is 2.85. The van der Waals surface area contributed by atoms with E-state index in [2.05, 4.69) is 18.5 Å². The minimum atomic E-state index is -0.670. The molecule has 1 aromatic carbocycles. The number of thioether (sulfide) groups is 1. The first-order valence-electron chi connectivity index (χ1n) is 7.09. The predicted molar refractivity (Wildman–Crippen MR) is 97.1 cm³/mol. The maximum atomic E-state index is 12.4. The van der Waals surface area contributed by atoms with Gasteiger partial charge >= 0.3 is 0 Å². The molecule has 0 fully saturated rings. The summed E-state index contributed by atoms with van der Waals surface area (Å²) in [6.07, 6.45) is 5.18. The van der Waals surface area contributed by atoms with Crippen LogP contribution >= 0.6 is 23.4 Å². The topological polar surface area (TPSA) is 49.4 Å². The lowest BCUT2D eigenvalue weighted by molar-refractivity contribution is -0.131. The van der Waals surface area contributed by atoms with E-state index in [1.807, 2.05) is 12.3 Å². The highest BCUT2D eigenvalue weighted by Gasteiger charge is 2.22. The fourth-order valence-corrected chi connectivity index (χ4v) is 2.62. The molecule has 0 aromatic heterocycles. The van der Waals surface area contributed by atoms with Gasteiger partial charge in [0.1, 0.15) is 6.04 Å². The van der Waals surface area contributed by atoms with Gasteiger partial charge in [0.25, 0.3) is 5.91 Å². The van der Waals surface area contributed by atoms with Crippen LogP contribution in [-0.4, -0.2) is 42.1 Å². The maximum Gasteiger partial charge on any atom is 0.253 e. The smallest absolute Gasteiger partial charge is 0.253 e. The van der Waals surface area contributed by atoms with Crippen LogP contribution in [0.1, 0.15) is 17.3 Å². The highest BCUT2D eigenvalue weighted by Crippen LogP contribution is 2.23. The Morgan fingerprint density at radius 2 is 1.96 bits per heavy atom. The standard InChI is InChI=1S/C17H21ClN2O2S/c1-5-9-20(10-6-2)17(22)12(3)19-16(21)14-11-13(23-4)7-8-15(14)18/h5-8,11-12H,1-2,9-10H2,3-4H3,(H,19,21). The van der Waals surface area contributed by atoms with Crippen LogP contribution in [0.5, 0.6) is 0 Å². The van der Waals surface area contributed by atoms with Crippen molar-refractivity contribution in [2.24, 2.45) is 0 Å². The van der Waals surface area contributed by atoms with Gasteiger partial charge in [-0.05, 0) is 31.4 Å². The van der Waals surface area contributed by atoms with Gasteiger partial charge < -0.3 is 10.2 Å². The van der Waals surface area contributed by atoms with E-state index >= 15 is 0 Å². The summed E-state index contributed by atoms with van der Waals surface area (Å²) in [5, 5.41) is 3.05. The van der Waals surface area contributed by atoms with Crippen LogP contribution in [0.15, 0.2) is 48.4 Å². The van der Waals surface area contributed by atoms with E-state index in [-0.39, 0.29) is 11.8 Å². The first-order chi connectivity index (χ1) is 10.9. The minimum Gasteiger partial charge on any atom is -0.340 e. The molecule has 0 aliphatic carbocycles. The number of nitrogens with zero attached hydrogens (tertiary/aromatic N) is 1. The molecule has 0 spiro atoms. The molecule has 0 heterocycles. The molecule has 23 heavy (non-hydrogen) atoms. The lowest BCUT2D eigenvalue weighted by Crippen LogP contribution is -2.47. The number of hydrogen-bond donors (Lipinski definition) is 1. The summed E-state index contributed by atoms with van der Waals surface area (Å²) in [6, 6.07) is 4.56. The third-order valence-corrected chi connectivity index (χ3v) is 4.20. The Morgan fingerprint density at radius 1 is 1.35 bits per heavy atom. The van der Waals surface area contributed by atoms with Crippen molar-refractivity contribution < 1.29 is 9.59 Å². The zero-order valence-corrected chi connectivity index (χ0v) is 14.9. The minimum absolute atomic E-state index is 0.199. The van der Waals surface area contributed by atoms with E-state index in [9.17, 15) is 9.59 Å². The molecule has 1 atom stereocenters. The first-order valence-corrected chi connectivity index (χ1v) is 8.69. The van der Waals surface area contributed by atoms with Crippen molar-refractivity contribution in [1.29, 1.82) is 0 Å². The van der Waals surface area contributed by atoms with E-state index in [1.54, 1.807) is 36.1 Å². The normalized spacial score (nSPS) is 11.4. The van der Waals surface area contributed by atoms with E-state index in [1.165, 1.54) is 11.8 Å². The molecule has 6 heteroatoms. The molecule has 0 saturated carbocycles. The molecule has 0 radical (unpaired) electrons. The quantitative estimate of drug-likeness (QED) is 0.576. The third-order valence-electron chi connectivity index (χ3n) is 3.15. The second kappa shape index (κ2) is 9.43. The molecular weight excluding hydrogens is 332 g/mol. The Labute approximate surface area is 146 Å². The number of carbonyl (C=O) groups excluding carboxylic acids is 2. The molecule has 124 valence electrons. The summed E-state index contributed by atoms with van der Waals surface area (Å²) in [4.78, 5) is 27.2. The van der Waals surface area contributed by atoms with E-state index in [0.717, 1.165) is 4.90 Å². The zero-order chi connectivity index (χ0) is 17.4. The summed E-state index contributed by atoms with van der Waals surface area (Å²) in [5.41, 5.74) is 0.358. The van der Waals surface area contributed by atoms with Gasteiger partial charge in [0.05, 0.1) is 10.6 Å². The Morgan fingerprint density at radius 3 is 2.48 bits per heavy atom. The second-order valence-electron chi connectivity index (χ2n) is 4.86. The van der Waals surface area contributed by atoms with Crippen molar-refractivity contribution in [1.82, 2.24) is 10.2 Å². The first kappa shape index (κ1) is 19.3. The molecule has 1 rings (SSSR count). The van der Waals surface area contributed by atoms with Crippen LogP contribution in [0.25, 0.3) is 0 Å². The number of halogens is 1. The summed E-state index contributed by atoms with van der Waals surface area (Å²) in [5.74, 6) is -0.570. The number of amides is 2. The predicted octanol–water partition coefficient (Wildman–Crippen LogP) is 3.38. The summed E-state index contributed by atoms with van der Waals surface area (Å²) in [7, 11) is 0. The van der Waals surface area contributed by atoms with Gasteiger partial charge in [0.15, 0.2) is 0 Å². The SMILES string of the molecule is C=CCN(CC=C)C(=O)C(C)NC(=O)c1cc(SC)ccc1Cl. The van der Waals surface area contributed by atoms with E-state index in [4.69, 9.17) is 11.6 Å². The molecule has 1 aromatic rings. The van der Waals surface area contributed by atoms with Gasteiger partial charge in [-0.15, -0.1) is 24.9 Å². The van der Waals surface area contributed by atoms with Crippen LogP contribution in [0.2, 0.25) is 5.02 Å². The van der Waals surface area contributed by atoms with Gasteiger partial charge in [-0.25, -0.2) is 0 Å². The van der Waals surface area contributed by atoms with Gasteiger partial charge in [0.2, 0.25) is 5.91 Å². The Hall–Kier alpha value is -1.72. The van der Waals surface area contributed by atoms with Crippen LogP contribution in [0.3, 0.4) is 0 Å². The lowest BCUT2D eigenvalue weighted by Gasteiger charge is -2.24. The summed E-state index contributed by atoms with van der Waals surface area (Å²) < 4.78 is 0. The van der Waals surface area contributed by atoms with Crippen LogP contribution in [0, 0.1) is 0 Å².